The first-order chi connectivity index (χ1) is 8.99. The van der Waals surface area contributed by atoms with E-state index in [-0.39, 0.29) is 16.3 Å². The van der Waals surface area contributed by atoms with Gasteiger partial charge in [-0.15, -0.1) is 0 Å². The van der Waals surface area contributed by atoms with Gasteiger partial charge in [-0.3, -0.25) is 20.2 Å². The highest BCUT2D eigenvalue weighted by molar-refractivity contribution is 9.11. The van der Waals surface area contributed by atoms with E-state index in [1.807, 2.05) is 0 Å². The summed E-state index contributed by atoms with van der Waals surface area (Å²) in [4.78, 5) is 26.0. The number of nitro groups is 1. The summed E-state index contributed by atoms with van der Waals surface area (Å²) in [5, 5.41) is 13.4. The van der Waals surface area contributed by atoms with E-state index in [2.05, 4.69) is 26.2 Å². The van der Waals surface area contributed by atoms with Gasteiger partial charge in [0.2, 0.25) is 0 Å². The Morgan fingerprint density at radius 2 is 2.26 bits per heavy atom. The third kappa shape index (κ3) is 3.09. The van der Waals surface area contributed by atoms with Gasteiger partial charge in [0.1, 0.15) is 5.02 Å². The number of nitrogens with one attached hydrogen (secondary N) is 1. The molecule has 9 heteroatoms. The standard InChI is InChI=1S/C10H5BrClN3O3S/c11-7-4-13-10(19-7)14-9(16)5-2-1-3-6(8(5)12)15(17)18/h1-4H,(H,13,14,16). The number of halogens is 2. The largest absolute Gasteiger partial charge is 0.298 e. The maximum Gasteiger partial charge on any atom is 0.288 e. The Kier molecular flexibility index (Phi) is 4.13. The van der Waals surface area contributed by atoms with Crippen molar-refractivity contribution in [2.45, 2.75) is 0 Å². The van der Waals surface area contributed by atoms with E-state index in [0.29, 0.717) is 5.13 Å². The van der Waals surface area contributed by atoms with Crippen LogP contribution in [0.3, 0.4) is 0 Å². The molecule has 98 valence electrons. The number of carbonyl (C=O) groups is 1. The van der Waals surface area contributed by atoms with Crippen molar-refractivity contribution in [3.8, 4) is 0 Å². The van der Waals surface area contributed by atoms with Gasteiger partial charge in [0, 0.05) is 6.07 Å². The van der Waals surface area contributed by atoms with E-state index in [1.54, 1.807) is 0 Å². The molecule has 1 aromatic heterocycles. The molecule has 0 aliphatic heterocycles. The van der Waals surface area contributed by atoms with Gasteiger partial charge >= 0.3 is 0 Å². The molecule has 0 bridgehead atoms. The first-order valence-corrected chi connectivity index (χ1v) is 6.83. The van der Waals surface area contributed by atoms with Crippen LogP contribution in [0.4, 0.5) is 10.8 Å². The molecule has 0 aliphatic carbocycles. The van der Waals surface area contributed by atoms with Crippen LogP contribution in [0, 0.1) is 10.1 Å². The Balaban J connectivity index is 2.29. The van der Waals surface area contributed by atoms with E-state index in [4.69, 9.17) is 11.6 Å². The number of nitro benzene ring substituents is 1. The minimum Gasteiger partial charge on any atom is -0.298 e. The van der Waals surface area contributed by atoms with Crippen molar-refractivity contribution in [2.24, 2.45) is 0 Å². The molecule has 0 saturated heterocycles. The fourth-order valence-electron chi connectivity index (χ4n) is 1.31. The van der Waals surface area contributed by atoms with Gasteiger partial charge in [-0.2, -0.15) is 0 Å². The van der Waals surface area contributed by atoms with Gasteiger partial charge in [0.05, 0.1) is 20.5 Å². The molecule has 0 fully saturated rings. The summed E-state index contributed by atoms with van der Waals surface area (Å²) in [6.07, 6.45) is 1.54. The molecule has 0 aliphatic rings. The first kappa shape index (κ1) is 13.9. The molecule has 0 radical (unpaired) electrons. The number of thiazole rings is 1. The van der Waals surface area contributed by atoms with Gasteiger partial charge in [-0.1, -0.05) is 29.0 Å². The Bertz CT molecular complexity index is 661. The lowest BCUT2D eigenvalue weighted by Crippen LogP contribution is -2.12. The van der Waals surface area contributed by atoms with E-state index < -0.39 is 10.8 Å². The van der Waals surface area contributed by atoms with Crippen LogP contribution in [-0.2, 0) is 0 Å². The highest BCUT2D eigenvalue weighted by Gasteiger charge is 2.20. The smallest absolute Gasteiger partial charge is 0.288 e. The summed E-state index contributed by atoms with van der Waals surface area (Å²) in [6, 6.07) is 4.04. The molecular weight excluding hydrogens is 358 g/mol. The van der Waals surface area contributed by atoms with Crippen LogP contribution in [0.2, 0.25) is 5.02 Å². The van der Waals surface area contributed by atoms with E-state index in [1.165, 1.54) is 35.7 Å². The van der Waals surface area contributed by atoms with Crippen LogP contribution in [0.15, 0.2) is 28.2 Å². The monoisotopic (exact) mass is 361 g/mol. The number of hydrogen-bond donors (Lipinski definition) is 1. The number of nitrogens with zero attached hydrogens (tertiary/aromatic N) is 2. The normalized spacial score (nSPS) is 10.2. The van der Waals surface area contributed by atoms with Gasteiger partial charge in [0.25, 0.3) is 11.6 Å². The predicted octanol–water partition coefficient (Wildman–Crippen LogP) is 3.72. The van der Waals surface area contributed by atoms with E-state index in [0.717, 1.165) is 3.79 Å². The molecule has 2 rings (SSSR count). The average Bonchev–Trinajstić information content (AvgIpc) is 2.74. The first-order valence-electron chi connectivity index (χ1n) is 4.84. The highest BCUT2D eigenvalue weighted by Crippen LogP contribution is 2.29. The van der Waals surface area contributed by atoms with Crippen molar-refractivity contribution in [1.82, 2.24) is 4.98 Å². The van der Waals surface area contributed by atoms with Crippen LogP contribution in [0.25, 0.3) is 0 Å². The molecule has 1 aromatic carbocycles. The molecule has 1 heterocycles. The summed E-state index contributed by atoms with van der Waals surface area (Å²) < 4.78 is 0.757. The Morgan fingerprint density at radius 1 is 1.53 bits per heavy atom. The Hall–Kier alpha value is -1.51. The topological polar surface area (TPSA) is 85.1 Å². The van der Waals surface area contributed by atoms with Gasteiger partial charge in [-0.05, 0) is 22.0 Å². The lowest BCUT2D eigenvalue weighted by molar-refractivity contribution is -0.384. The lowest BCUT2D eigenvalue weighted by Gasteiger charge is -2.04. The van der Waals surface area contributed by atoms with Crippen LogP contribution in [-0.4, -0.2) is 15.8 Å². The van der Waals surface area contributed by atoms with Crippen molar-refractivity contribution >= 4 is 55.6 Å². The predicted molar refractivity (Wildman–Crippen MR) is 75.9 cm³/mol. The zero-order chi connectivity index (χ0) is 14.0. The molecule has 0 atom stereocenters. The number of carbonyl (C=O) groups excluding carboxylic acids is 1. The minimum atomic E-state index is -0.640. The molecule has 0 saturated carbocycles. The third-order valence-corrected chi connectivity index (χ3v) is 3.91. The molecule has 0 spiro atoms. The highest BCUT2D eigenvalue weighted by atomic mass is 79.9. The lowest BCUT2D eigenvalue weighted by atomic mass is 10.2. The number of rotatable bonds is 3. The Morgan fingerprint density at radius 3 is 2.84 bits per heavy atom. The maximum absolute atomic E-state index is 12.0. The number of benzene rings is 1. The minimum absolute atomic E-state index is 0.0298. The second-order valence-electron chi connectivity index (χ2n) is 3.32. The fourth-order valence-corrected chi connectivity index (χ4v) is 2.70. The van der Waals surface area contributed by atoms with Crippen LogP contribution in [0.1, 0.15) is 10.4 Å². The van der Waals surface area contributed by atoms with Gasteiger partial charge in [0.15, 0.2) is 5.13 Å². The van der Waals surface area contributed by atoms with Gasteiger partial charge < -0.3 is 0 Å². The van der Waals surface area contributed by atoms with E-state index >= 15 is 0 Å². The average molecular weight is 363 g/mol. The van der Waals surface area contributed by atoms with Gasteiger partial charge in [-0.25, -0.2) is 4.98 Å². The van der Waals surface area contributed by atoms with Crippen molar-refractivity contribution in [3.05, 3.63) is 48.9 Å². The summed E-state index contributed by atoms with van der Waals surface area (Å²) in [5.41, 5.74) is -0.281. The summed E-state index contributed by atoms with van der Waals surface area (Å²) in [5.74, 6) is -0.546. The molecule has 0 unspecified atom stereocenters. The molecule has 2 aromatic rings. The fraction of sp³-hybridized carbons (Fsp3) is 0. The second kappa shape index (κ2) is 5.64. The number of anilines is 1. The van der Waals surface area contributed by atoms with Crippen LogP contribution < -0.4 is 5.32 Å². The third-order valence-electron chi connectivity index (χ3n) is 2.12. The quantitative estimate of drug-likeness (QED) is 0.666. The second-order valence-corrected chi connectivity index (χ2v) is 6.11. The summed E-state index contributed by atoms with van der Waals surface area (Å²) >= 11 is 10.3. The Labute approximate surface area is 124 Å². The van der Waals surface area contributed by atoms with Crippen molar-refractivity contribution < 1.29 is 9.72 Å². The number of hydrogen-bond acceptors (Lipinski definition) is 5. The summed E-state index contributed by atoms with van der Waals surface area (Å²) in [7, 11) is 0. The molecule has 6 nitrogen and oxygen atoms in total. The molecule has 1 amide bonds. The molecule has 1 N–H and O–H groups in total. The maximum atomic E-state index is 12.0. The van der Waals surface area contributed by atoms with Crippen LogP contribution in [0.5, 0.6) is 0 Å². The number of aromatic nitrogens is 1. The van der Waals surface area contributed by atoms with Crippen molar-refractivity contribution in [1.29, 1.82) is 0 Å². The molecular formula is C10H5BrClN3O3S. The van der Waals surface area contributed by atoms with Crippen LogP contribution >= 0.6 is 38.9 Å². The SMILES string of the molecule is O=C(Nc1ncc(Br)s1)c1cccc([N+](=O)[O-])c1Cl. The van der Waals surface area contributed by atoms with Crippen molar-refractivity contribution in [3.63, 3.8) is 0 Å². The van der Waals surface area contributed by atoms with Crippen molar-refractivity contribution in [2.75, 3.05) is 5.32 Å². The summed E-state index contributed by atoms with van der Waals surface area (Å²) in [6.45, 7) is 0. The van der Waals surface area contributed by atoms with E-state index in [9.17, 15) is 14.9 Å². The zero-order valence-corrected chi connectivity index (χ0v) is 12.3. The number of amides is 1. The zero-order valence-electron chi connectivity index (χ0n) is 9.09. The molecule has 19 heavy (non-hydrogen) atoms.